The molecule has 4 heteroatoms. The molecule has 1 N–H and O–H groups in total. The second kappa shape index (κ2) is 3.75. The number of hydrogen-bond acceptors (Lipinski definition) is 2. The van der Waals surface area contributed by atoms with Crippen LogP contribution in [0.2, 0.25) is 5.02 Å². The van der Waals surface area contributed by atoms with E-state index in [9.17, 15) is 14.3 Å². The number of benzene rings is 1. The van der Waals surface area contributed by atoms with Gasteiger partial charge in [-0.2, -0.15) is 0 Å². The highest BCUT2D eigenvalue weighted by atomic mass is 35.5. The zero-order valence-corrected chi connectivity index (χ0v) is 7.73. The van der Waals surface area contributed by atoms with Crippen molar-refractivity contribution in [3.05, 3.63) is 28.5 Å². The molecule has 0 aliphatic rings. The van der Waals surface area contributed by atoms with E-state index in [0.29, 0.717) is 0 Å². The van der Waals surface area contributed by atoms with Gasteiger partial charge in [0.25, 0.3) is 0 Å². The van der Waals surface area contributed by atoms with Crippen LogP contribution in [0.25, 0.3) is 0 Å². The standard InChI is InChI=1S/C9H8ClFO2/c1-5(12)4-6-8(13)3-2-7(11)9(6)10/h2-3,13H,4H2,1H3. The van der Waals surface area contributed by atoms with Gasteiger partial charge in [0.2, 0.25) is 0 Å². The normalized spacial score (nSPS) is 10.1. The van der Waals surface area contributed by atoms with Gasteiger partial charge in [0, 0.05) is 12.0 Å². The zero-order valence-electron chi connectivity index (χ0n) is 6.97. The van der Waals surface area contributed by atoms with E-state index in [4.69, 9.17) is 11.6 Å². The molecule has 0 spiro atoms. The van der Waals surface area contributed by atoms with Crippen LogP contribution in [-0.4, -0.2) is 10.9 Å². The SMILES string of the molecule is CC(=O)Cc1c(O)ccc(F)c1Cl. The van der Waals surface area contributed by atoms with Crippen molar-refractivity contribution in [2.75, 3.05) is 0 Å². The fourth-order valence-electron chi connectivity index (χ4n) is 1.000. The van der Waals surface area contributed by atoms with Crippen LogP contribution in [0.3, 0.4) is 0 Å². The van der Waals surface area contributed by atoms with Gasteiger partial charge < -0.3 is 5.11 Å². The van der Waals surface area contributed by atoms with Crippen molar-refractivity contribution >= 4 is 17.4 Å². The fraction of sp³-hybridized carbons (Fsp3) is 0.222. The molecule has 2 nitrogen and oxygen atoms in total. The Bertz CT molecular complexity index is 350. The summed E-state index contributed by atoms with van der Waals surface area (Å²) in [6.45, 7) is 1.35. The van der Waals surface area contributed by atoms with E-state index < -0.39 is 5.82 Å². The summed E-state index contributed by atoms with van der Waals surface area (Å²) >= 11 is 5.56. The van der Waals surface area contributed by atoms with Crippen LogP contribution in [-0.2, 0) is 11.2 Å². The van der Waals surface area contributed by atoms with Gasteiger partial charge in [-0.3, -0.25) is 4.79 Å². The van der Waals surface area contributed by atoms with Crippen molar-refractivity contribution in [2.45, 2.75) is 13.3 Å². The number of carbonyl (C=O) groups excluding carboxylic acids is 1. The Hall–Kier alpha value is -1.09. The maximum atomic E-state index is 12.9. The molecule has 70 valence electrons. The van der Waals surface area contributed by atoms with E-state index in [1.165, 1.54) is 13.0 Å². The number of phenolic OH excluding ortho intramolecular Hbond substituents is 1. The molecule has 0 unspecified atom stereocenters. The summed E-state index contributed by atoms with van der Waals surface area (Å²) in [6, 6.07) is 2.24. The van der Waals surface area contributed by atoms with Crippen molar-refractivity contribution in [3.8, 4) is 5.75 Å². The number of aromatic hydroxyl groups is 1. The molecule has 0 fully saturated rings. The lowest BCUT2D eigenvalue weighted by molar-refractivity contribution is -0.116. The predicted molar refractivity (Wildman–Crippen MR) is 47.5 cm³/mol. The third kappa shape index (κ3) is 2.18. The highest BCUT2D eigenvalue weighted by molar-refractivity contribution is 6.31. The van der Waals surface area contributed by atoms with Crippen LogP contribution >= 0.6 is 11.6 Å². The number of rotatable bonds is 2. The molecule has 1 aromatic rings. The third-order valence-corrected chi connectivity index (χ3v) is 2.01. The second-order valence-electron chi connectivity index (χ2n) is 2.74. The Labute approximate surface area is 80.0 Å². The molecule has 0 atom stereocenters. The Morgan fingerprint density at radius 3 is 2.77 bits per heavy atom. The minimum Gasteiger partial charge on any atom is -0.508 e. The molecule has 0 saturated carbocycles. The van der Waals surface area contributed by atoms with Gasteiger partial charge in [-0.05, 0) is 19.1 Å². The minimum absolute atomic E-state index is 0.0531. The monoisotopic (exact) mass is 202 g/mol. The molecule has 0 heterocycles. The van der Waals surface area contributed by atoms with E-state index >= 15 is 0 Å². The lowest BCUT2D eigenvalue weighted by atomic mass is 10.1. The molecular formula is C9H8ClFO2. The topological polar surface area (TPSA) is 37.3 Å². The second-order valence-corrected chi connectivity index (χ2v) is 3.12. The van der Waals surface area contributed by atoms with Gasteiger partial charge in [0.05, 0.1) is 5.02 Å². The predicted octanol–water partition coefficient (Wildman–Crippen LogP) is 2.32. The summed E-state index contributed by atoms with van der Waals surface area (Å²) in [5, 5.41) is 9.08. The number of phenols is 1. The molecule has 0 aromatic heterocycles. The Morgan fingerprint density at radius 2 is 2.23 bits per heavy atom. The fourth-order valence-corrected chi connectivity index (χ4v) is 1.23. The van der Waals surface area contributed by atoms with E-state index in [0.717, 1.165) is 6.07 Å². The lowest BCUT2D eigenvalue weighted by Crippen LogP contribution is -1.98. The Morgan fingerprint density at radius 1 is 1.62 bits per heavy atom. The summed E-state index contributed by atoms with van der Waals surface area (Å²) in [4.78, 5) is 10.7. The van der Waals surface area contributed by atoms with Crippen LogP contribution < -0.4 is 0 Å². The number of hydrogen-bond donors (Lipinski definition) is 1. The van der Waals surface area contributed by atoms with Crippen molar-refractivity contribution < 1.29 is 14.3 Å². The number of carbonyl (C=O) groups is 1. The number of ketones is 1. The molecule has 0 saturated heterocycles. The molecular weight excluding hydrogens is 195 g/mol. The first kappa shape index (κ1) is 9.99. The smallest absolute Gasteiger partial charge is 0.142 e. The van der Waals surface area contributed by atoms with Gasteiger partial charge in [0.15, 0.2) is 0 Å². The number of Topliss-reactive ketones (excluding diaryl/α,β-unsaturated/α-hetero) is 1. The largest absolute Gasteiger partial charge is 0.508 e. The molecule has 0 radical (unpaired) electrons. The van der Waals surface area contributed by atoms with Crippen LogP contribution in [0.1, 0.15) is 12.5 Å². The van der Waals surface area contributed by atoms with E-state index in [2.05, 4.69) is 0 Å². The highest BCUT2D eigenvalue weighted by Gasteiger charge is 2.12. The molecule has 0 amide bonds. The van der Waals surface area contributed by atoms with Crippen molar-refractivity contribution in [3.63, 3.8) is 0 Å². The van der Waals surface area contributed by atoms with E-state index in [-0.39, 0.29) is 28.5 Å². The maximum absolute atomic E-state index is 12.9. The molecule has 0 aliphatic carbocycles. The first-order valence-corrected chi connectivity index (χ1v) is 4.05. The van der Waals surface area contributed by atoms with Gasteiger partial charge in [-0.1, -0.05) is 11.6 Å². The van der Waals surface area contributed by atoms with E-state index in [1.54, 1.807) is 0 Å². The average Bonchev–Trinajstić information content (AvgIpc) is 2.05. The third-order valence-electron chi connectivity index (χ3n) is 1.60. The van der Waals surface area contributed by atoms with Gasteiger partial charge in [0.1, 0.15) is 17.3 Å². The summed E-state index contributed by atoms with van der Waals surface area (Å²) in [6.07, 6.45) is -0.0531. The summed E-state index contributed by atoms with van der Waals surface area (Å²) in [5.74, 6) is -0.958. The van der Waals surface area contributed by atoms with Crippen molar-refractivity contribution in [1.82, 2.24) is 0 Å². The first-order chi connectivity index (χ1) is 6.02. The van der Waals surface area contributed by atoms with Crippen molar-refractivity contribution in [1.29, 1.82) is 0 Å². The molecule has 1 aromatic carbocycles. The number of halogens is 2. The molecule has 1 rings (SSSR count). The molecule has 13 heavy (non-hydrogen) atoms. The van der Waals surface area contributed by atoms with E-state index in [1.807, 2.05) is 0 Å². The van der Waals surface area contributed by atoms with Crippen molar-refractivity contribution in [2.24, 2.45) is 0 Å². The lowest BCUT2D eigenvalue weighted by Gasteiger charge is -2.05. The van der Waals surface area contributed by atoms with Gasteiger partial charge in [-0.25, -0.2) is 4.39 Å². The molecule has 0 bridgehead atoms. The summed E-state index contributed by atoms with van der Waals surface area (Å²) < 4.78 is 12.9. The van der Waals surface area contributed by atoms with Gasteiger partial charge in [-0.15, -0.1) is 0 Å². The molecule has 0 aliphatic heterocycles. The Balaban J connectivity index is 3.17. The zero-order chi connectivity index (χ0) is 10.0. The first-order valence-electron chi connectivity index (χ1n) is 3.67. The highest BCUT2D eigenvalue weighted by Crippen LogP contribution is 2.28. The quantitative estimate of drug-likeness (QED) is 0.799. The van der Waals surface area contributed by atoms with Crippen LogP contribution in [0, 0.1) is 5.82 Å². The maximum Gasteiger partial charge on any atom is 0.142 e. The van der Waals surface area contributed by atoms with Gasteiger partial charge >= 0.3 is 0 Å². The average molecular weight is 203 g/mol. The van der Waals surface area contributed by atoms with Crippen LogP contribution in [0.5, 0.6) is 5.75 Å². The van der Waals surface area contributed by atoms with Crippen LogP contribution in [0.15, 0.2) is 12.1 Å². The summed E-state index contributed by atoms with van der Waals surface area (Å²) in [7, 11) is 0. The van der Waals surface area contributed by atoms with Crippen LogP contribution in [0.4, 0.5) is 4.39 Å². The minimum atomic E-state index is -0.629. The Kier molecular flexibility index (Phi) is 2.88. The summed E-state index contributed by atoms with van der Waals surface area (Å²) in [5.41, 5.74) is 0.147.